The fraction of sp³-hybridized carbons (Fsp3) is 0.0108. The molecule has 0 amide bonds. The molecular formula is C93H53F3N8. The van der Waals surface area contributed by atoms with E-state index in [1.54, 1.807) is 0 Å². The fourth-order valence-corrected chi connectivity index (χ4v) is 17.1. The van der Waals surface area contributed by atoms with Crippen LogP contribution in [0.2, 0.25) is 0 Å². The smallest absolute Gasteiger partial charge is 0.309 e. The van der Waals surface area contributed by atoms with Crippen LogP contribution in [0.15, 0.2) is 322 Å². The van der Waals surface area contributed by atoms with Gasteiger partial charge >= 0.3 is 6.18 Å². The van der Waals surface area contributed by atoms with E-state index in [1.807, 2.05) is 36.4 Å². The predicted molar refractivity (Wildman–Crippen MR) is 418 cm³/mol. The molecule has 0 fully saturated rings. The summed E-state index contributed by atoms with van der Waals surface area (Å²) < 4.78 is 57.8. The Hall–Kier alpha value is -14.1. The maximum Gasteiger partial charge on any atom is 0.416 e. The van der Waals surface area contributed by atoms with Gasteiger partial charge in [-0.15, -0.1) is 0 Å². The van der Waals surface area contributed by atoms with Gasteiger partial charge in [0.1, 0.15) is 0 Å². The second kappa shape index (κ2) is 22.2. The molecule has 0 bridgehead atoms. The van der Waals surface area contributed by atoms with Gasteiger partial charge in [-0.05, 0) is 169 Å². The third-order valence-corrected chi connectivity index (χ3v) is 21.5. The molecule has 6 heterocycles. The zero-order valence-corrected chi connectivity index (χ0v) is 55.3. The average molecular weight is 1340 g/mol. The fourth-order valence-electron chi connectivity index (χ4n) is 17.1. The molecule has 486 valence electrons. The summed E-state index contributed by atoms with van der Waals surface area (Å²) in [5.74, 6) is 0. The molecule has 0 aliphatic rings. The van der Waals surface area contributed by atoms with Crippen LogP contribution in [-0.4, -0.2) is 27.4 Å². The second-order valence-electron chi connectivity index (χ2n) is 26.9. The van der Waals surface area contributed by atoms with Gasteiger partial charge in [0.05, 0.1) is 106 Å². The molecule has 6 aromatic heterocycles. The number of nitriles is 2. The molecule has 0 aliphatic carbocycles. The van der Waals surface area contributed by atoms with Crippen molar-refractivity contribution in [2.75, 3.05) is 0 Å². The Morgan fingerprint density at radius 2 is 0.538 bits per heavy atom. The molecule has 0 saturated heterocycles. The summed E-state index contributed by atoms with van der Waals surface area (Å²) in [7, 11) is 0. The van der Waals surface area contributed by atoms with Crippen molar-refractivity contribution in [1.82, 2.24) is 27.4 Å². The van der Waals surface area contributed by atoms with Gasteiger partial charge in [-0.1, -0.05) is 164 Å². The van der Waals surface area contributed by atoms with Crippen LogP contribution in [0.1, 0.15) is 16.7 Å². The van der Waals surface area contributed by atoms with Gasteiger partial charge in [0.15, 0.2) is 0 Å². The van der Waals surface area contributed by atoms with E-state index in [1.165, 1.54) is 6.07 Å². The van der Waals surface area contributed by atoms with E-state index in [0.717, 1.165) is 177 Å². The van der Waals surface area contributed by atoms with E-state index in [4.69, 9.17) is 0 Å². The quantitative estimate of drug-likeness (QED) is 0.152. The zero-order chi connectivity index (χ0) is 69.2. The van der Waals surface area contributed by atoms with Gasteiger partial charge in [0, 0.05) is 98.5 Å². The van der Waals surface area contributed by atoms with Crippen molar-refractivity contribution in [3.63, 3.8) is 0 Å². The largest absolute Gasteiger partial charge is 0.416 e. The first-order valence-electron chi connectivity index (χ1n) is 34.6. The van der Waals surface area contributed by atoms with Gasteiger partial charge < -0.3 is 27.4 Å². The van der Waals surface area contributed by atoms with Gasteiger partial charge in [0.25, 0.3) is 0 Å². The molecule has 0 saturated carbocycles. The predicted octanol–water partition coefficient (Wildman–Crippen LogP) is 24.4. The molecule has 8 nitrogen and oxygen atoms in total. The van der Waals surface area contributed by atoms with E-state index in [-0.39, 0.29) is 5.56 Å². The van der Waals surface area contributed by atoms with Gasteiger partial charge in [-0.3, -0.25) is 0 Å². The minimum Gasteiger partial charge on any atom is -0.309 e. The Kier molecular flexibility index (Phi) is 12.5. The maximum absolute atomic E-state index is 14.6. The lowest BCUT2D eigenvalue weighted by Crippen LogP contribution is -2.06. The number of hydrogen-bond acceptors (Lipinski definition) is 2. The number of alkyl halides is 3. The molecular weight excluding hydrogens is 1290 g/mol. The molecule has 0 spiro atoms. The Labute approximate surface area is 591 Å². The number of hydrogen-bond donors (Lipinski definition) is 0. The summed E-state index contributed by atoms with van der Waals surface area (Å²) in [6, 6.07) is 115. The molecule has 15 aromatic carbocycles. The van der Waals surface area contributed by atoms with Gasteiger partial charge in [-0.25, -0.2) is 0 Å². The first-order valence-corrected chi connectivity index (χ1v) is 34.6. The SMILES string of the molecule is N#Cc1ccc(-n2c3ccc(-n4c5ccccc5c5ccccc54)cc3c3cc(-n4c5ccccc5c5ccccc54)ccc32)c(-c2ccc(-c3ccc(C(F)(F)F)cc3C#N)cc2-n2c3ccc(-n4c5ccccc5c5ccccc54)cc3c3cc(-n4c5ccccc5c5ccccc54)ccc32)c1. The van der Waals surface area contributed by atoms with E-state index in [9.17, 15) is 23.7 Å². The number of fused-ring (bicyclic) bond motifs is 18. The summed E-state index contributed by atoms with van der Waals surface area (Å²) in [4.78, 5) is 0. The zero-order valence-electron chi connectivity index (χ0n) is 55.3. The molecule has 0 aliphatic heterocycles. The summed E-state index contributed by atoms with van der Waals surface area (Å²) in [6.07, 6.45) is -4.69. The minimum absolute atomic E-state index is 0.120. The van der Waals surface area contributed by atoms with Crippen LogP contribution < -0.4 is 0 Å². The monoisotopic (exact) mass is 1340 g/mol. The van der Waals surface area contributed by atoms with Crippen LogP contribution >= 0.6 is 0 Å². The lowest BCUT2D eigenvalue weighted by atomic mass is 9.93. The van der Waals surface area contributed by atoms with Crippen molar-refractivity contribution < 1.29 is 13.2 Å². The van der Waals surface area contributed by atoms with Crippen LogP contribution in [0, 0.1) is 22.7 Å². The molecule has 0 radical (unpaired) electrons. The lowest BCUT2D eigenvalue weighted by molar-refractivity contribution is -0.137. The topological polar surface area (TPSA) is 77.2 Å². The van der Waals surface area contributed by atoms with E-state index >= 15 is 0 Å². The van der Waals surface area contributed by atoms with Crippen LogP contribution in [0.25, 0.3) is 187 Å². The summed E-state index contributed by atoms with van der Waals surface area (Å²) >= 11 is 0. The second-order valence-corrected chi connectivity index (χ2v) is 26.9. The highest BCUT2D eigenvalue weighted by molar-refractivity contribution is 6.17. The number of rotatable bonds is 8. The highest BCUT2D eigenvalue weighted by Crippen LogP contribution is 2.47. The van der Waals surface area contributed by atoms with Crippen molar-refractivity contribution >= 4 is 131 Å². The number of halogens is 3. The van der Waals surface area contributed by atoms with Crippen molar-refractivity contribution in [2.24, 2.45) is 0 Å². The van der Waals surface area contributed by atoms with Crippen LogP contribution in [0.5, 0.6) is 0 Å². The molecule has 0 atom stereocenters. The first kappa shape index (κ1) is 58.8. The van der Waals surface area contributed by atoms with Gasteiger partial charge in [-0.2, -0.15) is 23.7 Å². The van der Waals surface area contributed by atoms with Gasteiger partial charge in [0.2, 0.25) is 0 Å². The number of para-hydroxylation sites is 8. The van der Waals surface area contributed by atoms with E-state index in [2.05, 4.69) is 306 Å². The standard InChI is InChI=1S/C93H53F3N8/c94-93(95,96)59-35-41-64(58(48-59)55-98)57-34-40-73(92(49-57)104-90-45-38-62(101-83-29-13-5-21-69(83)70-22-6-14-30-84(70)101)52-77(90)78-53-63(39-46-91(78)104)102-85-31-15-7-23-71(85)72-24-8-16-32-86(72)102)74-47-56(54-97)33-42-87(74)103-88-43-36-60(99-79-25-9-1-17-65(79)66-18-2-10-26-80(66)99)50-75(88)76-51-61(37-44-89(76)103)100-81-27-11-3-19-67(81)68-20-4-12-28-82(68)100/h1-53H. The summed E-state index contributed by atoms with van der Waals surface area (Å²) in [5.41, 5.74) is 19.1. The first-order chi connectivity index (χ1) is 51.1. The molecule has 11 heteroatoms. The molecule has 21 rings (SSSR count). The molecule has 21 aromatic rings. The number of benzene rings is 15. The Morgan fingerprint density at radius 3 is 0.856 bits per heavy atom. The molecule has 0 unspecified atom stereocenters. The normalized spacial score (nSPS) is 12.2. The highest BCUT2D eigenvalue weighted by Gasteiger charge is 2.32. The third-order valence-electron chi connectivity index (χ3n) is 21.5. The van der Waals surface area contributed by atoms with Crippen LogP contribution in [0.3, 0.4) is 0 Å². The molecule has 104 heavy (non-hydrogen) atoms. The third kappa shape index (κ3) is 8.53. The van der Waals surface area contributed by atoms with Crippen molar-refractivity contribution in [3.8, 4) is 68.5 Å². The minimum atomic E-state index is -4.69. The Balaban J connectivity index is 0.863. The Morgan fingerprint density at radius 1 is 0.231 bits per heavy atom. The van der Waals surface area contributed by atoms with Crippen molar-refractivity contribution in [3.05, 3.63) is 338 Å². The van der Waals surface area contributed by atoms with Crippen molar-refractivity contribution in [2.45, 2.75) is 6.18 Å². The maximum atomic E-state index is 14.6. The average Bonchev–Trinajstić information content (AvgIpc) is 1.60. The van der Waals surface area contributed by atoms with E-state index < -0.39 is 11.7 Å². The van der Waals surface area contributed by atoms with Crippen LogP contribution in [0.4, 0.5) is 13.2 Å². The number of nitrogens with zero attached hydrogens (tertiary/aromatic N) is 8. The summed E-state index contributed by atoms with van der Waals surface area (Å²) in [6.45, 7) is 0. The Bertz CT molecular complexity index is 6840. The number of aromatic nitrogens is 6. The van der Waals surface area contributed by atoms with Crippen LogP contribution in [-0.2, 0) is 6.18 Å². The highest BCUT2D eigenvalue weighted by atomic mass is 19.4. The molecule has 0 N–H and O–H groups in total. The summed E-state index contributed by atoms with van der Waals surface area (Å²) in [5, 5.41) is 35.0. The lowest BCUT2D eigenvalue weighted by Gasteiger charge is -2.20. The van der Waals surface area contributed by atoms with Crippen molar-refractivity contribution in [1.29, 1.82) is 10.5 Å². The van der Waals surface area contributed by atoms with E-state index in [0.29, 0.717) is 27.9 Å².